The van der Waals surface area contributed by atoms with Gasteiger partial charge in [0.2, 0.25) is 5.88 Å². The first-order valence-electron chi connectivity index (χ1n) is 3.72. The van der Waals surface area contributed by atoms with E-state index in [1.807, 2.05) is 6.92 Å². The quantitative estimate of drug-likeness (QED) is 0.636. The molecule has 0 N–H and O–H groups in total. The molecular formula is C9H12N2O. The van der Waals surface area contributed by atoms with Gasteiger partial charge in [-0.1, -0.05) is 12.2 Å². The Bertz CT molecular complexity index is 284. The van der Waals surface area contributed by atoms with Crippen LogP contribution in [0.1, 0.15) is 12.6 Å². The molecule has 0 aliphatic carbocycles. The van der Waals surface area contributed by atoms with E-state index in [0.29, 0.717) is 5.88 Å². The van der Waals surface area contributed by atoms with Gasteiger partial charge in [-0.2, -0.15) is 0 Å². The van der Waals surface area contributed by atoms with E-state index in [0.717, 1.165) is 17.7 Å². The van der Waals surface area contributed by atoms with Crippen molar-refractivity contribution in [1.82, 2.24) is 9.97 Å². The lowest BCUT2D eigenvalue weighted by atomic mass is 10.2. The number of nitrogens with zero attached hydrogens (tertiary/aromatic N) is 2. The van der Waals surface area contributed by atoms with Crippen molar-refractivity contribution in [2.45, 2.75) is 13.3 Å². The molecule has 0 saturated carbocycles. The first kappa shape index (κ1) is 8.71. The molecule has 0 radical (unpaired) electrons. The van der Waals surface area contributed by atoms with E-state index in [4.69, 9.17) is 4.74 Å². The standard InChI is InChI=1S/C9H12N2O/c1-7(2)6-8-9(12-3)11-5-4-10-8/h4-5H,1,6H2,2-3H3. The number of aromatic nitrogens is 2. The lowest BCUT2D eigenvalue weighted by molar-refractivity contribution is 0.390. The molecule has 0 saturated heterocycles. The van der Waals surface area contributed by atoms with E-state index in [2.05, 4.69) is 16.5 Å². The average Bonchev–Trinajstić information content (AvgIpc) is 2.04. The van der Waals surface area contributed by atoms with E-state index < -0.39 is 0 Å². The fraction of sp³-hybridized carbons (Fsp3) is 0.333. The van der Waals surface area contributed by atoms with Gasteiger partial charge in [0.1, 0.15) is 5.69 Å². The van der Waals surface area contributed by atoms with Gasteiger partial charge in [-0.25, -0.2) is 4.98 Å². The Morgan fingerprint density at radius 3 is 2.75 bits per heavy atom. The fourth-order valence-corrected chi connectivity index (χ4v) is 0.932. The molecule has 3 heteroatoms. The monoisotopic (exact) mass is 164 g/mol. The lowest BCUT2D eigenvalue weighted by Crippen LogP contribution is -1.98. The van der Waals surface area contributed by atoms with Gasteiger partial charge in [-0.05, 0) is 6.92 Å². The van der Waals surface area contributed by atoms with Gasteiger partial charge in [-0.3, -0.25) is 4.98 Å². The van der Waals surface area contributed by atoms with Crippen LogP contribution in [0.4, 0.5) is 0 Å². The third-order valence-corrected chi connectivity index (χ3v) is 1.40. The lowest BCUT2D eigenvalue weighted by Gasteiger charge is -2.04. The molecule has 0 bridgehead atoms. The molecule has 1 heterocycles. The van der Waals surface area contributed by atoms with Crippen molar-refractivity contribution in [2.24, 2.45) is 0 Å². The molecular weight excluding hydrogens is 152 g/mol. The Balaban J connectivity index is 2.89. The Labute approximate surface area is 72.1 Å². The van der Waals surface area contributed by atoms with E-state index in [9.17, 15) is 0 Å². The van der Waals surface area contributed by atoms with Crippen LogP contribution in [0.3, 0.4) is 0 Å². The smallest absolute Gasteiger partial charge is 0.235 e. The van der Waals surface area contributed by atoms with Crippen LogP contribution in [-0.4, -0.2) is 17.1 Å². The van der Waals surface area contributed by atoms with Crippen LogP contribution in [-0.2, 0) is 6.42 Å². The van der Waals surface area contributed by atoms with Gasteiger partial charge in [0, 0.05) is 18.8 Å². The van der Waals surface area contributed by atoms with Crippen LogP contribution in [0.5, 0.6) is 5.88 Å². The Morgan fingerprint density at radius 2 is 2.17 bits per heavy atom. The molecule has 12 heavy (non-hydrogen) atoms. The van der Waals surface area contributed by atoms with Crippen molar-refractivity contribution in [2.75, 3.05) is 7.11 Å². The van der Waals surface area contributed by atoms with Gasteiger partial charge in [0.15, 0.2) is 0 Å². The zero-order chi connectivity index (χ0) is 8.97. The van der Waals surface area contributed by atoms with Crippen LogP contribution in [0.15, 0.2) is 24.5 Å². The second-order valence-electron chi connectivity index (χ2n) is 2.65. The highest BCUT2D eigenvalue weighted by Crippen LogP contribution is 2.13. The summed E-state index contributed by atoms with van der Waals surface area (Å²) < 4.78 is 5.03. The van der Waals surface area contributed by atoms with Gasteiger partial charge in [0.05, 0.1) is 7.11 Å². The third kappa shape index (κ3) is 2.05. The summed E-state index contributed by atoms with van der Waals surface area (Å²) in [5.41, 5.74) is 1.89. The Kier molecular flexibility index (Phi) is 2.80. The maximum atomic E-state index is 5.03. The number of rotatable bonds is 3. The molecule has 3 nitrogen and oxygen atoms in total. The van der Waals surface area contributed by atoms with Crippen molar-refractivity contribution in [3.8, 4) is 5.88 Å². The molecule has 0 atom stereocenters. The van der Waals surface area contributed by atoms with Crippen LogP contribution in [0.25, 0.3) is 0 Å². The maximum absolute atomic E-state index is 5.03. The second kappa shape index (κ2) is 3.85. The number of allylic oxidation sites excluding steroid dienone is 1. The van der Waals surface area contributed by atoms with Crippen molar-refractivity contribution >= 4 is 0 Å². The highest BCUT2D eigenvalue weighted by atomic mass is 16.5. The summed E-state index contributed by atoms with van der Waals surface area (Å²) in [5, 5.41) is 0. The summed E-state index contributed by atoms with van der Waals surface area (Å²) in [6.45, 7) is 5.75. The highest BCUT2D eigenvalue weighted by molar-refractivity contribution is 5.21. The van der Waals surface area contributed by atoms with E-state index >= 15 is 0 Å². The number of hydrogen-bond donors (Lipinski definition) is 0. The second-order valence-corrected chi connectivity index (χ2v) is 2.65. The topological polar surface area (TPSA) is 35.0 Å². The molecule has 0 spiro atoms. The zero-order valence-electron chi connectivity index (χ0n) is 7.37. The molecule has 1 aromatic rings. The molecule has 0 fully saturated rings. The van der Waals surface area contributed by atoms with Gasteiger partial charge >= 0.3 is 0 Å². The minimum atomic E-state index is 0.584. The summed E-state index contributed by atoms with van der Waals surface area (Å²) in [7, 11) is 1.59. The summed E-state index contributed by atoms with van der Waals surface area (Å²) in [6.07, 6.45) is 3.98. The average molecular weight is 164 g/mol. The first-order chi connectivity index (χ1) is 5.74. The van der Waals surface area contributed by atoms with E-state index in [1.54, 1.807) is 19.5 Å². The molecule has 0 unspecified atom stereocenters. The first-order valence-corrected chi connectivity index (χ1v) is 3.72. The van der Waals surface area contributed by atoms with Crippen molar-refractivity contribution in [1.29, 1.82) is 0 Å². The van der Waals surface area contributed by atoms with Gasteiger partial charge < -0.3 is 4.74 Å². The number of ether oxygens (including phenoxy) is 1. The normalized spacial score (nSPS) is 9.50. The fourth-order valence-electron chi connectivity index (χ4n) is 0.932. The maximum Gasteiger partial charge on any atom is 0.235 e. The molecule has 0 aliphatic heterocycles. The Hall–Kier alpha value is -1.38. The van der Waals surface area contributed by atoms with Crippen LogP contribution in [0.2, 0.25) is 0 Å². The van der Waals surface area contributed by atoms with Gasteiger partial charge in [-0.15, -0.1) is 0 Å². The largest absolute Gasteiger partial charge is 0.480 e. The van der Waals surface area contributed by atoms with Crippen LogP contribution >= 0.6 is 0 Å². The molecule has 64 valence electrons. The zero-order valence-corrected chi connectivity index (χ0v) is 7.37. The van der Waals surface area contributed by atoms with Crippen molar-refractivity contribution in [3.05, 3.63) is 30.2 Å². The predicted octanol–water partition coefficient (Wildman–Crippen LogP) is 1.60. The van der Waals surface area contributed by atoms with Crippen molar-refractivity contribution in [3.63, 3.8) is 0 Å². The Morgan fingerprint density at radius 1 is 1.50 bits per heavy atom. The predicted molar refractivity (Wildman–Crippen MR) is 47.1 cm³/mol. The van der Waals surface area contributed by atoms with Crippen LogP contribution in [0, 0.1) is 0 Å². The van der Waals surface area contributed by atoms with Crippen LogP contribution < -0.4 is 4.74 Å². The molecule has 0 amide bonds. The molecule has 1 rings (SSSR count). The van der Waals surface area contributed by atoms with Crippen molar-refractivity contribution < 1.29 is 4.74 Å². The summed E-state index contributed by atoms with van der Waals surface area (Å²) in [6, 6.07) is 0. The third-order valence-electron chi connectivity index (χ3n) is 1.40. The minimum Gasteiger partial charge on any atom is -0.480 e. The number of methoxy groups -OCH3 is 1. The van der Waals surface area contributed by atoms with E-state index in [-0.39, 0.29) is 0 Å². The molecule has 0 aliphatic rings. The van der Waals surface area contributed by atoms with E-state index in [1.165, 1.54) is 0 Å². The summed E-state index contributed by atoms with van der Waals surface area (Å²) in [5.74, 6) is 0.584. The number of hydrogen-bond acceptors (Lipinski definition) is 3. The summed E-state index contributed by atoms with van der Waals surface area (Å²) >= 11 is 0. The van der Waals surface area contributed by atoms with Gasteiger partial charge in [0.25, 0.3) is 0 Å². The molecule has 0 aromatic carbocycles. The molecule has 1 aromatic heterocycles. The SMILES string of the molecule is C=C(C)Cc1nccnc1OC. The summed E-state index contributed by atoms with van der Waals surface area (Å²) in [4.78, 5) is 8.17. The minimum absolute atomic E-state index is 0.584. The highest BCUT2D eigenvalue weighted by Gasteiger charge is 2.03.